The molecule has 0 spiro atoms. The molecular formula is C19H15N5O. The molecule has 0 aliphatic rings. The van der Waals surface area contributed by atoms with E-state index in [-0.39, 0.29) is 5.91 Å². The zero-order valence-electron chi connectivity index (χ0n) is 13.3. The van der Waals surface area contributed by atoms with Gasteiger partial charge in [-0.1, -0.05) is 12.1 Å². The topological polar surface area (TPSA) is 90.7 Å². The Balaban J connectivity index is 1.68. The molecule has 122 valence electrons. The molecule has 3 rings (SSSR count). The first-order valence-electron chi connectivity index (χ1n) is 7.65. The minimum atomic E-state index is -0.288. The smallest absolute Gasteiger partial charge is 0.257 e. The second kappa shape index (κ2) is 7.70. The normalized spacial score (nSPS) is 9.88. The average Bonchev–Trinajstić information content (AvgIpc) is 2.67. The largest absolute Gasteiger partial charge is 0.378 e. The average molecular weight is 329 g/mol. The van der Waals surface area contributed by atoms with Gasteiger partial charge in [0.15, 0.2) is 0 Å². The van der Waals surface area contributed by atoms with E-state index in [1.165, 1.54) is 6.20 Å². The van der Waals surface area contributed by atoms with Crippen LogP contribution in [0.5, 0.6) is 0 Å². The van der Waals surface area contributed by atoms with Crippen LogP contribution in [0.25, 0.3) is 0 Å². The lowest BCUT2D eigenvalue weighted by Gasteiger charge is -2.08. The Bertz CT molecular complexity index is 918. The highest BCUT2D eigenvalue weighted by atomic mass is 16.1. The quantitative estimate of drug-likeness (QED) is 0.750. The maximum absolute atomic E-state index is 12.4. The second-order valence-electron chi connectivity index (χ2n) is 5.28. The van der Waals surface area contributed by atoms with Crippen LogP contribution in [0.2, 0.25) is 0 Å². The molecule has 0 fully saturated rings. The zero-order chi connectivity index (χ0) is 17.5. The Morgan fingerprint density at radius 2 is 2.00 bits per heavy atom. The molecule has 0 saturated heterocycles. The number of hydrogen-bond donors (Lipinski definition) is 2. The standard InChI is InChI=1S/C19H15N5O/c20-10-14-4-3-6-16(8-14)24-19(25)15-9-18(12-21-11-15)23-13-17-5-1-2-7-22-17/h1-9,11-12,23H,13H2,(H,24,25). The summed E-state index contributed by atoms with van der Waals surface area (Å²) in [4.78, 5) is 20.7. The van der Waals surface area contributed by atoms with Gasteiger partial charge in [0.25, 0.3) is 5.91 Å². The Hall–Kier alpha value is -3.72. The SMILES string of the molecule is N#Cc1cccc(NC(=O)c2cncc(NCc3ccccn3)c2)c1. The summed E-state index contributed by atoms with van der Waals surface area (Å²) in [5.41, 5.74) is 3.10. The fraction of sp³-hybridized carbons (Fsp3) is 0.0526. The van der Waals surface area contributed by atoms with Gasteiger partial charge in [0.1, 0.15) is 0 Å². The first-order valence-corrected chi connectivity index (χ1v) is 7.65. The number of amides is 1. The van der Waals surface area contributed by atoms with Crippen molar-refractivity contribution in [3.63, 3.8) is 0 Å². The number of nitriles is 1. The summed E-state index contributed by atoms with van der Waals surface area (Å²) in [5.74, 6) is -0.288. The first-order chi connectivity index (χ1) is 12.2. The van der Waals surface area contributed by atoms with Crippen LogP contribution in [0.3, 0.4) is 0 Å². The van der Waals surface area contributed by atoms with Gasteiger partial charge in [0.2, 0.25) is 0 Å². The van der Waals surface area contributed by atoms with Gasteiger partial charge in [0, 0.05) is 24.3 Å². The Morgan fingerprint density at radius 3 is 2.80 bits per heavy atom. The summed E-state index contributed by atoms with van der Waals surface area (Å²) in [6.07, 6.45) is 4.87. The van der Waals surface area contributed by atoms with Crippen LogP contribution in [0.1, 0.15) is 21.6 Å². The van der Waals surface area contributed by atoms with Gasteiger partial charge in [-0.05, 0) is 36.4 Å². The molecule has 0 bridgehead atoms. The summed E-state index contributed by atoms with van der Waals surface area (Å²) in [7, 11) is 0. The third kappa shape index (κ3) is 4.39. The predicted molar refractivity (Wildman–Crippen MR) is 94.9 cm³/mol. The minimum Gasteiger partial charge on any atom is -0.378 e. The van der Waals surface area contributed by atoms with Crippen LogP contribution >= 0.6 is 0 Å². The molecule has 0 aliphatic carbocycles. The minimum absolute atomic E-state index is 0.288. The third-order valence-electron chi connectivity index (χ3n) is 3.45. The van der Waals surface area contributed by atoms with E-state index < -0.39 is 0 Å². The maximum atomic E-state index is 12.4. The highest BCUT2D eigenvalue weighted by molar-refractivity contribution is 6.04. The summed E-state index contributed by atoms with van der Waals surface area (Å²) >= 11 is 0. The van der Waals surface area contributed by atoms with Crippen LogP contribution in [0, 0.1) is 11.3 Å². The molecule has 2 heterocycles. The van der Waals surface area contributed by atoms with Crippen molar-refractivity contribution >= 4 is 17.3 Å². The summed E-state index contributed by atoms with van der Waals surface area (Å²) < 4.78 is 0. The fourth-order valence-electron chi connectivity index (χ4n) is 2.23. The van der Waals surface area contributed by atoms with E-state index in [1.54, 1.807) is 42.7 Å². The van der Waals surface area contributed by atoms with Crippen molar-refractivity contribution in [2.75, 3.05) is 10.6 Å². The summed E-state index contributed by atoms with van der Waals surface area (Å²) in [5, 5.41) is 14.9. The predicted octanol–water partition coefficient (Wildman–Crippen LogP) is 3.21. The van der Waals surface area contributed by atoms with Crippen molar-refractivity contribution in [2.45, 2.75) is 6.54 Å². The number of carbonyl (C=O) groups is 1. The molecule has 2 N–H and O–H groups in total. The number of nitrogens with one attached hydrogen (secondary N) is 2. The summed E-state index contributed by atoms with van der Waals surface area (Å²) in [6.45, 7) is 0.539. The molecule has 6 nitrogen and oxygen atoms in total. The molecule has 0 aliphatic heterocycles. The molecule has 0 atom stereocenters. The van der Waals surface area contributed by atoms with E-state index in [9.17, 15) is 4.79 Å². The molecule has 6 heteroatoms. The van der Waals surface area contributed by atoms with E-state index in [2.05, 4.69) is 20.6 Å². The van der Waals surface area contributed by atoms with Gasteiger partial charge >= 0.3 is 0 Å². The van der Waals surface area contributed by atoms with Crippen LogP contribution in [0.4, 0.5) is 11.4 Å². The number of carbonyl (C=O) groups excluding carboxylic acids is 1. The van der Waals surface area contributed by atoms with Crippen LogP contribution in [-0.2, 0) is 6.54 Å². The van der Waals surface area contributed by atoms with E-state index in [0.717, 1.165) is 11.4 Å². The molecular weight excluding hydrogens is 314 g/mol. The van der Waals surface area contributed by atoms with Crippen molar-refractivity contribution < 1.29 is 4.79 Å². The monoisotopic (exact) mass is 329 g/mol. The van der Waals surface area contributed by atoms with E-state index in [0.29, 0.717) is 23.4 Å². The lowest BCUT2D eigenvalue weighted by atomic mass is 10.2. The molecule has 1 aromatic carbocycles. The van der Waals surface area contributed by atoms with Crippen LogP contribution < -0.4 is 10.6 Å². The molecule has 0 unspecified atom stereocenters. The molecule has 1 amide bonds. The molecule has 2 aromatic heterocycles. The Kier molecular flexibility index (Phi) is 4.98. The molecule has 25 heavy (non-hydrogen) atoms. The number of aromatic nitrogens is 2. The van der Waals surface area contributed by atoms with Gasteiger partial charge in [-0.2, -0.15) is 5.26 Å². The van der Waals surface area contributed by atoms with Crippen molar-refractivity contribution in [3.8, 4) is 6.07 Å². The highest BCUT2D eigenvalue weighted by Gasteiger charge is 2.08. The van der Waals surface area contributed by atoms with Crippen molar-refractivity contribution in [2.24, 2.45) is 0 Å². The Labute approximate surface area is 145 Å². The zero-order valence-corrected chi connectivity index (χ0v) is 13.3. The van der Waals surface area contributed by atoms with Gasteiger partial charge in [-0.25, -0.2) is 0 Å². The number of nitrogens with zero attached hydrogens (tertiary/aromatic N) is 3. The van der Waals surface area contributed by atoms with Crippen LogP contribution in [-0.4, -0.2) is 15.9 Å². The van der Waals surface area contributed by atoms with Crippen molar-refractivity contribution in [3.05, 3.63) is 83.9 Å². The van der Waals surface area contributed by atoms with E-state index in [4.69, 9.17) is 5.26 Å². The van der Waals surface area contributed by atoms with Crippen molar-refractivity contribution in [1.29, 1.82) is 5.26 Å². The van der Waals surface area contributed by atoms with Gasteiger partial charge < -0.3 is 10.6 Å². The molecule has 0 saturated carbocycles. The highest BCUT2D eigenvalue weighted by Crippen LogP contribution is 2.14. The third-order valence-corrected chi connectivity index (χ3v) is 3.45. The van der Waals surface area contributed by atoms with E-state index in [1.807, 2.05) is 24.3 Å². The van der Waals surface area contributed by atoms with Gasteiger partial charge in [-0.15, -0.1) is 0 Å². The maximum Gasteiger partial charge on any atom is 0.257 e. The fourth-order valence-corrected chi connectivity index (χ4v) is 2.23. The Morgan fingerprint density at radius 1 is 1.08 bits per heavy atom. The summed E-state index contributed by atoms with van der Waals surface area (Å²) in [6, 6.07) is 16.2. The second-order valence-corrected chi connectivity index (χ2v) is 5.28. The number of anilines is 2. The number of benzene rings is 1. The number of rotatable bonds is 5. The van der Waals surface area contributed by atoms with E-state index >= 15 is 0 Å². The van der Waals surface area contributed by atoms with Gasteiger partial charge in [-0.3, -0.25) is 14.8 Å². The molecule has 0 radical (unpaired) electrons. The lowest BCUT2D eigenvalue weighted by Crippen LogP contribution is -2.13. The lowest BCUT2D eigenvalue weighted by molar-refractivity contribution is 0.102. The molecule has 3 aromatic rings. The number of hydrogen-bond acceptors (Lipinski definition) is 5. The number of pyridine rings is 2. The first kappa shape index (κ1) is 16.1. The van der Waals surface area contributed by atoms with Crippen molar-refractivity contribution in [1.82, 2.24) is 9.97 Å². The van der Waals surface area contributed by atoms with Crippen LogP contribution in [0.15, 0.2) is 67.1 Å². The van der Waals surface area contributed by atoms with Gasteiger partial charge in [0.05, 0.1) is 35.1 Å².